The average Bonchev–Trinajstić information content (AvgIpc) is 1.63. The van der Waals surface area contributed by atoms with Gasteiger partial charge in [-0.3, -0.25) is 0 Å². The monoisotopic (exact) mass is 144 g/mol. The zero-order valence-electron chi connectivity index (χ0n) is 7.15. The highest BCUT2D eigenvalue weighted by atomic mass is 31.1. The molecule has 0 heterocycles. The van der Waals surface area contributed by atoms with E-state index in [1.54, 1.807) is 0 Å². The summed E-state index contributed by atoms with van der Waals surface area (Å²) in [6, 6.07) is 0. The predicted octanol–water partition coefficient (Wildman–Crippen LogP) is 2.41. The van der Waals surface area contributed by atoms with Crippen molar-refractivity contribution in [2.75, 3.05) is 19.5 Å². The molecule has 0 aromatic rings. The summed E-state index contributed by atoms with van der Waals surface area (Å²) in [7, 11) is 1.79. The van der Waals surface area contributed by atoms with Crippen LogP contribution < -0.4 is 0 Å². The van der Waals surface area contributed by atoms with Crippen molar-refractivity contribution in [2.45, 2.75) is 26.0 Å². The topological polar surface area (TPSA) is 0 Å². The fourth-order valence-corrected chi connectivity index (χ4v) is 1.63. The Morgan fingerprint density at radius 2 is 1.89 bits per heavy atom. The maximum atomic E-state index is 2.36. The van der Waals surface area contributed by atoms with E-state index in [2.05, 4.69) is 27.2 Å². The van der Waals surface area contributed by atoms with Gasteiger partial charge in [0.05, 0.1) is 0 Å². The van der Waals surface area contributed by atoms with Crippen LogP contribution in [-0.4, -0.2) is 26.8 Å². The second-order valence-electron chi connectivity index (χ2n) is 3.34. The van der Waals surface area contributed by atoms with Crippen LogP contribution in [0.25, 0.3) is 0 Å². The Balaban J connectivity index is 2.91. The largest absolute Gasteiger partial charge is 0.123 e. The highest BCUT2D eigenvalue weighted by Crippen LogP contribution is 2.25. The molecule has 0 fully saturated rings. The molecule has 0 spiro atoms. The van der Waals surface area contributed by atoms with Crippen molar-refractivity contribution >= 4 is 15.2 Å². The Morgan fingerprint density at radius 3 is 2.22 bits per heavy atom. The first-order valence-electron chi connectivity index (χ1n) is 3.77. The first-order valence-corrected chi connectivity index (χ1v) is 6.19. The molecule has 0 aromatic carbocycles. The van der Waals surface area contributed by atoms with Gasteiger partial charge in [-0.15, -0.1) is 7.92 Å². The molecular formula is C7H18BP. The third kappa shape index (κ3) is 8.49. The van der Waals surface area contributed by atoms with Crippen LogP contribution in [0.1, 0.15) is 13.8 Å². The van der Waals surface area contributed by atoms with E-state index in [-0.39, 0.29) is 0 Å². The molecule has 0 N–H and O–H groups in total. The molecule has 0 aromatic heterocycles. The van der Waals surface area contributed by atoms with Crippen LogP contribution in [-0.2, 0) is 0 Å². The van der Waals surface area contributed by atoms with E-state index in [9.17, 15) is 0 Å². The third-order valence-electron chi connectivity index (χ3n) is 1.39. The lowest BCUT2D eigenvalue weighted by molar-refractivity contribution is 1.05. The summed E-state index contributed by atoms with van der Waals surface area (Å²) in [5, 5.41) is 0. The summed E-state index contributed by atoms with van der Waals surface area (Å²) in [6.45, 7) is 9.31. The maximum absolute atomic E-state index is 2.36. The molecule has 0 unspecified atom stereocenters. The van der Waals surface area contributed by atoms with Crippen LogP contribution in [0.2, 0.25) is 12.1 Å². The lowest BCUT2D eigenvalue weighted by Crippen LogP contribution is -1.96. The first kappa shape index (κ1) is 9.49. The van der Waals surface area contributed by atoms with Gasteiger partial charge in [0, 0.05) is 0 Å². The van der Waals surface area contributed by atoms with Crippen molar-refractivity contribution in [1.29, 1.82) is 0 Å². The zero-order valence-corrected chi connectivity index (χ0v) is 8.04. The second-order valence-corrected chi connectivity index (χ2v) is 5.95. The number of hydrogen-bond acceptors (Lipinski definition) is 0. The summed E-state index contributed by atoms with van der Waals surface area (Å²) >= 11 is 0. The molecule has 0 aliphatic carbocycles. The van der Waals surface area contributed by atoms with E-state index >= 15 is 0 Å². The standard InChI is InChI=1S/C7H18BP/c1-7(2)8-5-6-9(3)4/h7-8H,5-6H2,1-4H3. The van der Waals surface area contributed by atoms with Crippen molar-refractivity contribution < 1.29 is 0 Å². The van der Waals surface area contributed by atoms with Crippen molar-refractivity contribution in [1.82, 2.24) is 0 Å². The van der Waals surface area contributed by atoms with Gasteiger partial charge < -0.3 is 0 Å². The molecule has 0 atom stereocenters. The van der Waals surface area contributed by atoms with Gasteiger partial charge in [-0.05, 0) is 19.5 Å². The molecule has 54 valence electrons. The maximum Gasteiger partial charge on any atom is 0.123 e. The van der Waals surface area contributed by atoms with Gasteiger partial charge in [0.25, 0.3) is 0 Å². The lowest BCUT2D eigenvalue weighted by Gasteiger charge is -2.04. The summed E-state index contributed by atoms with van der Waals surface area (Å²) < 4.78 is 0. The van der Waals surface area contributed by atoms with Crippen LogP contribution >= 0.6 is 7.92 Å². The lowest BCUT2D eigenvalue weighted by atomic mass is 9.64. The third-order valence-corrected chi connectivity index (χ3v) is 2.60. The molecule has 0 aliphatic rings. The summed E-state index contributed by atoms with van der Waals surface area (Å²) in [4.78, 5) is 0. The number of hydrogen-bond donors (Lipinski definition) is 0. The van der Waals surface area contributed by atoms with Gasteiger partial charge >= 0.3 is 0 Å². The fourth-order valence-electron chi connectivity index (χ4n) is 0.816. The Morgan fingerprint density at radius 1 is 1.33 bits per heavy atom. The van der Waals surface area contributed by atoms with E-state index < -0.39 is 0 Å². The smallest absolute Gasteiger partial charge is 0.114 e. The van der Waals surface area contributed by atoms with Crippen molar-refractivity contribution in [3.63, 3.8) is 0 Å². The second kappa shape index (κ2) is 5.29. The molecular weight excluding hydrogens is 126 g/mol. The fraction of sp³-hybridized carbons (Fsp3) is 1.00. The van der Waals surface area contributed by atoms with E-state index in [0.717, 1.165) is 5.82 Å². The van der Waals surface area contributed by atoms with Gasteiger partial charge in [0.1, 0.15) is 7.28 Å². The summed E-state index contributed by atoms with van der Waals surface area (Å²) in [5.74, 6) is 0.903. The van der Waals surface area contributed by atoms with Gasteiger partial charge in [0.15, 0.2) is 0 Å². The van der Waals surface area contributed by atoms with Crippen LogP contribution in [0.5, 0.6) is 0 Å². The highest BCUT2D eigenvalue weighted by molar-refractivity contribution is 7.56. The quantitative estimate of drug-likeness (QED) is 0.419. The van der Waals surface area contributed by atoms with Crippen molar-refractivity contribution in [3.8, 4) is 0 Å². The Bertz CT molecular complexity index is 53.9. The SMILES string of the molecule is CC(C)BCCP(C)C. The minimum atomic E-state index is 0.369. The average molecular weight is 144 g/mol. The Kier molecular flexibility index (Phi) is 5.58. The Hall–Kier alpha value is 0.495. The van der Waals surface area contributed by atoms with E-state index in [1.807, 2.05) is 0 Å². The van der Waals surface area contributed by atoms with E-state index in [0.29, 0.717) is 7.92 Å². The first-order chi connectivity index (χ1) is 4.13. The highest BCUT2D eigenvalue weighted by Gasteiger charge is 1.97. The minimum Gasteiger partial charge on any atom is -0.114 e. The summed E-state index contributed by atoms with van der Waals surface area (Å²) in [6.07, 6.45) is 2.91. The predicted molar refractivity (Wildman–Crippen MR) is 50.7 cm³/mol. The molecule has 2 heteroatoms. The molecule has 0 saturated carbocycles. The van der Waals surface area contributed by atoms with Crippen LogP contribution in [0.15, 0.2) is 0 Å². The summed E-state index contributed by atoms with van der Waals surface area (Å²) in [5.41, 5.74) is 0. The van der Waals surface area contributed by atoms with Crippen molar-refractivity contribution in [3.05, 3.63) is 0 Å². The van der Waals surface area contributed by atoms with Gasteiger partial charge in [0.2, 0.25) is 0 Å². The molecule has 0 bridgehead atoms. The molecule has 0 amide bonds. The number of rotatable bonds is 4. The molecule has 0 saturated heterocycles. The van der Waals surface area contributed by atoms with E-state index in [1.165, 1.54) is 19.8 Å². The molecule has 0 rings (SSSR count). The molecule has 0 radical (unpaired) electrons. The van der Waals surface area contributed by atoms with Gasteiger partial charge in [-0.1, -0.05) is 26.0 Å². The Labute approximate surface area is 61.4 Å². The normalized spacial score (nSPS) is 10.9. The molecule has 0 nitrogen and oxygen atoms in total. The van der Waals surface area contributed by atoms with Gasteiger partial charge in [-0.25, -0.2) is 0 Å². The van der Waals surface area contributed by atoms with Crippen LogP contribution in [0.4, 0.5) is 0 Å². The molecule has 0 aliphatic heterocycles. The zero-order chi connectivity index (χ0) is 7.28. The van der Waals surface area contributed by atoms with E-state index in [4.69, 9.17) is 0 Å². The van der Waals surface area contributed by atoms with Gasteiger partial charge in [-0.2, -0.15) is 0 Å². The van der Waals surface area contributed by atoms with Crippen LogP contribution in [0, 0.1) is 0 Å². The van der Waals surface area contributed by atoms with Crippen molar-refractivity contribution in [2.24, 2.45) is 0 Å². The molecule has 9 heavy (non-hydrogen) atoms. The minimum absolute atomic E-state index is 0.369. The van der Waals surface area contributed by atoms with Crippen LogP contribution in [0.3, 0.4) is 0 Å².